The Bertz CT molecular complexity index is 941. The van der Waals surface area contributed by atoms with Crippen molar-refractivity contribution >= 4 is 16.6 Å². The highest BCUT2D eigenvalue weighted by atomic mass is 19.4. The summed E-state index contributed by atoms with van der Waals surface area (Å²) >= 11 is 0. The van der Waals surface area contributed by atoms with E-state index < -0.39 is 11.7 Å². The molecule has 0 spiro atoms. The van der Waals surface area contributed by atoms with E-state index in [-0.39, 0.29) is 5.56 Å². The van der Waals surface area contributed by atoms with Crippen molar-refractivity contribution in [1.82, 2.24) is 4.57 Å². The number of aromatic nitrogens is 1. The zero-order chi connectivity index (χ0) is 16.8. The van der Waals surface area contributed by atoms with Crippen molar-refractivity contribution in [2.24, 2.45) is 0 Å². The van der Waals surface area contributed by atoms with Gasteiger partial charge in [-0.05, 0) is 55.5 Å². The highest BCUT2D eigenvalue weighted by Crippen LogP contribution is 2.30. The molecule has 0 aliphatic carbocycles. The second-order valence-corrected chi connectivity index (χ2v) is 5.33. The minimum atomic E-state index is -4.41. The van der Waals surface area contributed by atoms with Crippen LogP contribution in [0.25, 0.3) is 16.6 Å². The van der Waals surface area contributed by atoms with Crippen molar-refractivity contribution in [3.8, 4) is 5.69 Å². The van der Waals surface area contributed by atoms with E-state index in [0.29, 0.717) is 22.5 Å². The van der Waals surface area contributed by atoms with Crippen LogP contribution < -0.4 is 11.3 Å². The molecule has 23 heavy (non-hydrogen) atoms. The zero-order valence-electron chi connectivity index (χ0n) is 12.2. The molecule has 0 aliphatic rings. The smallest absolute Gasteiger partial charge is 0.399 e. The molecular weight excluding hydrogens is 305 g/mol. The fourth-order valence-electron chi connectivity index (χ4n) is 2.53. The predicted molar refractivity (Wildman–Crippen MR) is 83.7 cm³/mol. The number of rotatable bonds is 1. The van der Waals surface area contributed by atoms with E-state index in [2.05, 4.69) is 0 Å². The molecule has 118 valence electrons. The summed E-state index contributed by atoms with van der Waals surface area (Å²) < 4.78 is 39.4. The van der Waals surface area contributed by atoms with Gasteiger partial charge >= 0.3 is 6.18 Å². The minimum Gasteiger partial charge on any atom is -0.399 e. The average Bonchev–Trinajstić information content (AvgIpc) is 2.48. The van der Waals surface area contributed by atoms with Crippen molar-refractivity contribution < 1.29 is 13.2 Å². The van der Waals surface area contributed by atoms with Gasteiger partial charge in [-0.25, -0.2) is 0 Å². The maximum absolute atomic E-state index is 12.7. The van der Waals surface area contributed by atoms with E-state index in [4.69, 9.17) is 5.73 Å². The molecule has 0 aliphatic heterocycles. The maximum Gasteiger partial charge on any atom is 0.416 e. The molecule has 0 unspecified atom stereocenters. The first-order valence-corrected chi connectivity index (χ1v) is 6.87. The number of hydrogen-bond acceptors (Lipinski definition) is 2. The first kappa shape index (κ1) is 15.1. The number of aryl methyl sites for hydroxylation is 1. The van der Waals surface area contributed by atoms with E-state index in [0.717, 1.165) is 17.5 Å². The van der Waals surface area contributed by atoms with Crippen molar-refractivity contribution in [3.05, 3.63) is 70.0 Å². The largest absolute Gasteiger partial charge is 0.416 e. The fourth-order valence-corrected chi connectivity index (χ4v) is 2.53. The molecule has 2 N–H and O–H groups in total. The van der Waals surface area contributed by atoms with Crippen LogP contribution >= 0.6 is 0 Å². The van der Waals surface area contributed by atoms with E-state index in [1.807, 2.05) is 0 Å². The lowest BCUT2D eigenvalue weighted by Gasteiger charge is -2.13. The Morgan fingerprint density at radius 3 is 2.26 bits per heavy atom. The van der Waals surface area contributed by atoms with Gasteiger partial charge in [-0.1, -0.05) is 0 Å². The normalized spacial score (nSPS) is 11.8. The quantitative estimate of drug-likeness (QED) is 0.692. The summed E-state index contributed by atoms with van der Waals surface area (Å²) in [5, 5.41) is 0.752. The Morgan fingerprint density at radius 2 is 1.65 bits per heavy atom. The number of hydrogen-bond donors (Lipinski definition) is 1. The molecule has 6 heteroatoms. The number of fused-ring (bicyclic) bond motifs is 1. The lowest BCUT2D eigenvalue weighted by atomic mass is 10.1. The molecule has 0 radical (unpaired) electrons. The summed E-state index contributed by atoms with van der Waals surface area (Å²) in [7, 11) is 0. The first-order chi connectivity index (χ1) is 10.8. The van der Waals surface area contributed by atoms with E-state index in [9.17, 15) is 18.0 Å². The molecule has 1 aromatic heterocycles. The summed E-state index contributed by atoms with van der Waals surface area (Å²) in [5.74, 6) is 0. The molecule has 0 bridgehead atoms. The molecule has 3 rings (SSSR count). The van der Waals surface area contributed by atoms with Crippen LogP contribution in [0, 0.1) is 6.92 Å². The molecule has 3 aromatic rings. The monoisotopic (exact) mass is 318 g/mol. The van der Waals surface area contributed by atoms with Crippen molar-refractivity contribution in [2.45, 2.75) is 13.1 Å². The number of halogens is 3. The number of pyridine rings is 1. The molecule has 0 amide bonds. The molecular formula is C17H13F3N2O. The number of benzene rings is 2. The topological polar surface area (TPSA) is 48.0 Å². The van der Waals surface area contributed by atoms with Gasteiger partial charge in [0.2, 0.25) is 0 Å². The van der Waals surface area contributed by atoms with Crippen LogP contribution in [-0.4, -0.2) is 4.57 Å². The highest BCUT2D eigenvalue weighted by Gasteiger charge is 2.30. The van der Waals surface area contributed by atoms with Crippen molar-refractivity contribution in [3.63, 3.8) is 0 Å². The van der Waals surface area contributed by atoms with Gasteiger partial charge in [0, 0.05) is 22.3 Å². The third-order valence-electron chi connectivity index (χ3n) is 3.66. The summed E-state index contributed by atoms with van der Waals surface area (Å²) in [6.07, 6.45) is -4.41. The Kier molecular flexibility index (Phi) is 3.39. The summed E-state index contributed by atoms with van der Waals surface area (Å²) in [6, 6.07) is 11.3. The number of nitrogens with two attached hydrogens (primary N) is 1. The lowest BCUT2D eigenvalue weighted by Crippen LogP contribution is -2.21. The van der Waals surface area contributed by atoms with Gasteiger partial charge in [0.1, 0.15) is 0 Å². The second-order valence-electron chi connectivity index (χ2n) is 5.33. The Balaban J connectivity index is 2.27. The fraction of sp³-hybridized carbons (Fsp3) is 0.118. The van der Waals surface area contributed by atoms with Gasteiger partial charge < -0.3 is 5.73 Å². The van der Waals surface area contributed by atoms with E-state index in [1.54, 1.807) is 31.2 Å². The molecule has 0 saturated heterocycles. The standard InChI is InChI=1S/C17H13F3N2O/c1-10-8-11-9-13(21)4-7-15(11)22(16(10)23)14-5-2-12(3-6-14)17(18,19)20/h2-9H,21H2,1H3. The van der Waals surface area contributed by atoms with Crippen LogP contribution in [0.3, 0.4) is 0 Å². The maximum atomic E-state index is 12.7. The van der Waals surface area contributed by atoms with Crippen molar-refractivity contribution in [1.29, 1.82) is 0 Å². The summed E-state index contributed by atoms with van der Waals surface area (Å²) in [5.41, 5.74) is 6.73. The van der Waals surface area contributed by atoms with E-state index in [1.165, 1.54) is 16.7 Å². The number of alkyl halides is 3. The van der Waals surface area contributed by atoms with Crippen LogP contribution in [0.4, 0.5) is 18.9 Å². The Hall–Kier alpha value is -2.76. The van der Waals surface area contributed by atoms with Gasteiger partial charge in [-0.15, -0.1) is 0 Å². The lowest BCUT2D eigenvalue weighted by molar-refractivity contribution is -0.137. The zero-order valence-corrected chi connectivity index (χ0v) is 12.2. The van der Waals surface area contributed by atoms with Gasteiger partial charge in [0.25, 0.3) is 5.56 Å². The third-order valence-corrected chi connectivity index (χ3v) is 3.66. The van der Waals surface area contributed by atoms with Crippen LogP contribution in [0.15, 0.2) is 53.3 Å². The molecule has 0 atom stereocenters. The average molecular weight is 318 g/mol. The van der Waals surface area contributed by atoms with Crippen LogP contribution in [0.2, 0.25) is 0 Å². The summed E-state index contributed by atoms with van der Waals surface area (Å²) in [4.78, 5) is 12.5. The highest BCUT2D eigenvalue weighted by molar-refractivity contribution is 5.84. The van der Waals surface area contributed by atoms with Gasteiger partial charge in [0.15, 0.2) is 0 Å². The van der Waals surface area contributed by atoms with Gasteiger partial charge in [-0.3, -0.25) is 9.36 Å². The number of nitrogen functional groups attached to an aromatic ring is 1. The second kappa shape index (κ2) is 5.15. The number of anilines is 1. The first-order valence-electron chi connectivity index (χ1n) is 6.87. The van der Waals surface area contributed by atoms with Gasteiger partial charge in [0.05, 0.1) is 11.1 Å². The molecule has 2 aromatic carbocycles. The van der Waals surface area contributed by atoms with Crippen LogP contribution in [0.1, 0.15) is 11.1 Å². The summed E-state index contributed by atoms with van der Waals surface area (Å²) in [6.45, 7) is 1.66. The van der Waals surface area contributed by atoms with Gasteiger partial charge in [-0.2, -0.15) is 13.2 Å². The van der Waals surface area contributed by atoms with Crippen LogP contribution in [0.5, 0.6) is 0 Å². The SMILES string of the molecule is Cc1cc2cc(N)ccc2n(-c2ccc(C(F)(F)F)cc2)c1=O. The Labute approximate surface area is 129 Å². The molecule has 0 fully saturated rings. The molecule has 0 saturated carbocycles. The van der Waals surface area contributed by atoms with E-state index >= 15 is 0 Å². The van der Waals surface area contributed by atoms with Crippen molar-refractivity contribution in [2.75, 3.05) is 5.73 Å². The molecule has 3 nitrogen and oxygen atoms in total. The minimum absolute atomic E-state index is 0.276. The van der Waals surface area contributed by atoms with Crippen LogP contribution in [-0.2, 0) is 6.18 Å². The number of nitrogens with zero attached hydrogens (tertiary/aromatic N) is 1. The molecule has 1 heterocycles. The predicted octanol–water partition coefficient (Wildman–Crippen LogP) is 3.90. The Morgan fingerprint density at radius 1 is 1.00 bits per heavy atom. The third kappa shape index (κ3) is 2.67.